The lowest BCUT2D eigenvalue weighted by Gasteiger charge is -2.58. The number of hydrogen-bond donors (Lipinski definition) is 1. The maximum Gasteiger partial charge on any atom is 0.490 e. The zero-order valence-corrected chi connectivity index (χ0v) is 20.0. The second-order valence-corrected chi connectivity index (χ2v) is 9.31. The summed E-state index contributed by atoms with van der Waals surface area (Å²) in [5.74, 6) is -2.59. The SMILES string of the molecule is Cc1ccc(C(=O)N2CCCC3(CCN3c3ccc4nccnc4c3)C2)c(C)c1.O=C(O)C(F)(F)F. The number of aromatic nitrogens is 2. The van der Waals surface area contributed by atoms with Gasteiger partial charge in [-0.25, -0.2) is 4.79 Å². The first-order valence-electron chi connectivity index (χ1n) is 11.7. The van der Waals surface area contributed by atoms with Crippen molar-refractivity contribution in [2.24, 2.45) is 0 Å². The molecule has 2 aliphatic heterocycles. The molecule has 2 aliphatic rings. The third-order valence-electron chi connectivity index (χ3n) is 6.84. The number of likely N-dealkylation sites (tertiary alicyclic amines) is 1. The maximum atomic E-state index is 13.3. The molecule has 10 heteroatoms. The molecule has 0 saturated carbocycles. The average Bonchev–Trinajstić information content (AvgIpc) is 2.83. The minimum atomic E-state index is -5.08. The number of amides is 1. The summed E-state index contributed by atoms with van der Waals surface area (Å²) in [6.45, 7) is 6.75. The number of nitrogens with zero attached hydrogens (tertiary/aromatic N) is 4. The van der Waals surface area contributed by atoms with Gasteiger partial charge >= 0.3 is 12.1 Å². The first-order chi connectivity index (χ1) is 17.0. The van der Waals surface area contributed by atoms with Gasteiger partial charge in [-0.05, 0) is 62.9 Å². The van der Waals surface area contributed by atoms with Gasteiger partial charge in [-0.3, -0.25) is 14.8 Å². The van der Waals surface area contributed by atoms with Crippen molar-refractivity contribution in [2.75, 3.05) is 24.5 Å². The van der Waals surface area contributed by atoms with Gasteiger partial charge in [0.1, 0.15) is 0 Å². The number of carboxylic acids is 1. The van der Waals surface area contributed by atoms with Crippen LogP contribution >= 0.6 is 0 Å². The molecule has 0 radical (unpaired) electrons. The van der Waals surface area contributed by atoms with Crippen LogP contribution in [0.25, 0.3) is 11.0 Å². The normalized spacial score (nSPS) is 19.5. The van der Waals surface area contributed by atoms with Crippen LogP contribution in [0.5, 0.6) is 0 Å². The van der Waals surface area contributed by atoms with E-state index in [0.717, 1.165) is 61.1 Å². The fourth-order valence-electron chi connectivity index (χ4n) is 5.00. The van der Waals surface area contributed by atoms with Crippen molar-refractivity contribution in [3.8, 4) is 0 Å². The van der Waals surface area contributed by atoms with E-state index in [2.05, 4.69) is 44.9 Å². The molecule has 1 amide bonds. The topological polar surface area (TPSA) is 86.6 Å². The smallest absolute Gasteiger partial charge is 0.475 e. The molecule has 1 aromatic heterocycles. The lowest BCUT2D eigenvalue weighted by atomic mass is 9.77. The molecular formula is C26H27F3N4O3. The van der Waals surface area contributed by atoms with Crippen LogP contribution < -0.4 is 4.90 Å². The van der Waals surface area contributed by atoms with Gasteiger partial charge in [0.05, 0.1) is 16.6 Å². The zero-order valence-electron chi connectivity index (χ0n) is 20.0. The highest BCUT2D eigenvalue weighted by molar-refractivity contribution is 5.96. The van der Waals surface area contributed by atoms with Crippen LogP contribution in [-0.2, 0) is 4.79 Å². The minimum Gasteiger partial charge on any atom is -0.475 e. The molecule has 2 aromatic carbocycles. The predicted octanol–water partition coefficient (Wildman–Crippen LogP) is 4.77. The first kappa shape index (κ1) is 25.4. The van der Waals surface area contributed by atoms with Gasteiger partial charge < -0.3 is 14.9 Å². The van der Waals surface area contributed by atoms with Crippen molar-refractivity contribution in [1.82, 2.24) is 14.9 Å². The Bertz CT molecular complexity index is 1300. The number of anilines is 1. The third-order valence-corrected chi connectivity index (χ3v) is 6.84. The van der Waals surface area contributed by atoms with Gasteiger partial charge in [-0.2, -0.15) is 13.2 Å². The number of hydrogen-bond acceptors (Lipinski definition) is 5. The first-order valence-corrected chi connectivity index (χ1v) is 11.7. The number of aliphatic carboxylic acids is 1. The molecule has 190 valence electrons. The van der Waals surface area contributed by atoms with Crippen LogP contribution in [0.4, 0.5) is 18.9 Å². The molecule has 2 saturated heterocycles. The summed E-state index contributed by atoms with van der Waals surface area (Å²) in [5, 5.41) is 7.12. The molecule has 7 nitrogen and oxygen atoms in total. The fraction of sp³-hybridized carbons (Fsp3) is 0.385. The highest BCUT2D eigenvalue weighted by atomic mass is 19.4. The Hall–Kier alpha value is -3.69. The van der Waals surface area contributed by atoms with Crippen LogP contribution in [0.2, 0.25) is 0 Å². The molecule has 0 bridgehead atoms. The number of carboxylic acid groups (broad SMARTS) is 1. The molecule has 1 atom stereocenters. The maximum absolute atomic E-state index is 13.3. The van der Waals surface area contributed by atoms with E-state index in [4.69, 9.17) is 9.90 Å². The molecule has 0 aliphatic carbocycles. The summed E-state index contributed by atoms with van der Waals surface area (Å²) in [5.41, 5.74) is 6.16. The summed E-state index contributed by atoms with van der Waals surface area (Å²) >= 11 is 0. The van der Waals surface area contributed by atoms with E-state index < -0.39 is 12.1 Å². The van der Waals surface area contributed by atoms with Gasteiger partial charge in [0.2, 0.25) is 0 Å². The van der Waals surface area contributed by atoms with Gasteiger partial charge in [0.15, 0.2) is 0 Å². The van der Waals surface area contributed by atoms with Crippen molar-refractivity contribution in [2.45, 2.75) is 44.8 Å². The fourth-order valence-corrected chi connectivity index (χ4v) is 5.00. The minimum absolute atomic E-state index is 0.0440. The number of carbonyl (C=O) groups excluding carboxylic acids is 1. The number of benzene rings is 2. The lowest BCUT2D eigenvalue weighted by Crippen LogP contribution is -2.68. The van der Waals surface area contributed by atoms with Crippen molar-refractivity contribution < 1.29 is 27.9 Å². The number of fused-ring (bicyclic) bond motifs is 1. The summed E-state index contributed by atoms with van der Waals surface area (Å²) in [4.78, 5) is 35.5. The van der Waals surface area contributed by atoms with Crippen LogP contribution in [0, 0.1) is 13.8 Å². The van der Waals surface area contributed by atoms with Gasteiger partial charge in [0, 0.05) is 43.3 Å². The summed E-state index contributed by atoms with van der Waals surface area (Å²) in [6.07, 6.45) is 1.68. The Morgan fingerprint density at radius 3 is 2.28 bits per heavy atom. The molecule has 1 unspecified atom stereocenters. The molecule has 2 fully saturated rings. The van der Waals surface area contributed by atoms with E-state index in [1.54, 1.807) is 12.4 Å². The van der Waals surface area contributed by atoms with Crippen LogP contribution in [-0.4, -0.2) is 63.2 Å². The summed E-state index contributed by atoms with van der Waals surface area (Å²) in [7, 11) is 0. The Morgan fingerprint density at radius 1 is 0.972 bits per heavy atom. The number of rotatable bonds is 2. The van der Waals surface area contributed by atoms with Crippen molar-refractivity contribution in [3.63, 3.8) is 0 Å². The number of carbonyl (C=O) groups is 2. The second-order valence-electron chi connectivity index (χ2n) is 9.31. The van der Waals surface area contributed by atoms with Crippen molar-refractivity contribution in [3.05, 3.63) is 65.5 Å². The van der Waals surface area contributed by atoms with E-state index in [9.17, 15) is 18.0 Å². The third kappa shape index (κ3) is 5.12. The molecule has 3 aromatic rings. The van der Waals surface area contributed by atoms with Gasteiger partial charge in [0.25, 0.3) is 5.91 Å². The van der Waals surface area contributed by atoms with E-state index in [-0.39, 0.29) is 11.4 Å². The zero-order chi connectivity index (χ0) is 26.1. The Labute approximate surface area is 206 Å². The average molecular weight is 501 g/mol. The number of alkyl halides is 3. The molecule has 3 heterocycles. The standard InChI is InChI=1S/C24H26N4O.C2HF3O2/c1-17-4-6-20(18(2)14-17)23(29)27-12-3-8-24(16-27)9-13-28(24)19-5-7-21-22(15-19)26-11-10-25-21;3-2(4,5)1(6)7/h4-7,10-11,14-15H,3,8-9,12-13,16H2,1-2H3;(H,6,7). The monoisotopic (exact) mass is 500 g/mol. The van der Waals surface area contributed by atoms with Gasteiger partial charge in [-0.15, -0.1) is 0 Å². The van der Waals surface area contributed by atoms with Gasteiger partial charge in [-0.1, -0.05) is 17.7 Å². The predicted molar refractivity (Wildman–Crippen MR) is 129 cm³/mol. The van der Waals surface area contributed by atoms with Crippen LogP contribution in [0.1, 0.15) is 40.7 Å². The Balaban J connectivity index is 0.000000384. The largest absolute Gasteiger partial charge is 0.490 e. The van der Waals surface area contributed by atoms with E-state index in [1.807, 2.05) is 25.1 Å². The van der Waals surface area contributed by atoms with E-state index >= 15 is 0 Å². The molecule has 5 rings (SSSR count). The highest BCUT2D eigenvalue weighted by Crippen LogP contribution is 2.42. The van der Waals surface area contributed by atoms with Crippen LogP contribution in [0.3, 0.4) is 0 Å². The van der Waals surface area contributed by atoms with Crippen LogP contribution in [0.15, 0.2) is 48.8 Å². The Morgan fingerprint density at radius 2 is 1.67 bits per heavy atom. The number of halogens is 3. The lowest BCUT2D eigenvalue weighted by molar-refractivity contribution is -0.192. The second kappa shape index (κ2) is 9.75. The summed E-state index contributed by atoms with van der Waals surface area (Å²) < 4.78 is 31.7. The quantitative estimate of drug-likeness (QED) is 0.546. The molecule has 1 spiro atoms. The number of piperidine rings is 1. The highest BCUT2D eigenvalue weighted by Gasteiger charge is 2.48. The molecular weight excluding hydrogens is 473 g/mol. The number of aryl methyl sites for hydroxylation is 2. The molecule has 36 heavy (non-hydrogen) atoms. The van der Waals surface area contributed by atoms with Crippen molar-refractivity contribution >= 4 is 28.6 Å². The molecule has 1 N–H and O–H groups in total. The van der Waals surface area contributed by atoms with E-state index in [1.165, 1.54) is 11.3 Å². The van der Waals surface area contributed by atoms with E-state index in [0.29, 0.717) is 0 Å². The Kier molecular flexibility index (Phi) is 6.88. The van der Waals surface area contributed by atoms with Crippen molar-refractivity contribution in [1.29, 1.82) is 0 Å². The summed E-state index contributed by atoms with van der Waals surface area (Å²) in [6, 6.07) is 12.4.